The van der Waals surface area contributed by atoms with Crippen molar-refractivity contribution in [1.29, 1.82) is 0 Å². The summed E-state index contributed by atoms with van der Waals surface area (Å²) in [7, 11) is 0. The third-order valence-electron chi connectivity index (χ3n) is 4.31. The zero-order chi connectivity index (χ0) is 12.8. The highest BCUT2D eigenvalue weighted by atomic mass is 16.5. The van der Waals surface area contributed by atoms with Gasteiger partial charge < -0.3 is 9.47 Å². The van der Waals surface area contributed by atoms with Crippen LogP contribution in [0.4, 0.5) is 0 Å². The zero-order valence-corrected chi connectivity index (χ0v) is 11.6. The molecule has 0 aromatic heterocycles. The van der Waals surface area contributed by atoms with E-state index in [1.807, 2.05) is 0 Å². The van der Waals surface area contributed by atoms with Crippen LogP contribution in [0.2, 0.25) is 0 Å². The van der Waals surface area contributed by atoms with E-state index in [1.54, 1.807) is 0 Å². The van der Waals surface area contributed by atoms with E-state index in [-0.39, 0.29) is 17.3 Å². The first-order valence-corrected chi connectivity index (χ1v) is 7.50. The highest BCUT2D eigenvalue weighted by molar-refractivity contribution is 5.82. The van der Waals surface area contributed by atoms with Crippen molar-refractivity contribution in [3.8, 4) is 0 Å². The SMILES string of the molecule is CCCOCC(=O)C1CCOC2(CCCCC2)C1. The molecule has 0 aromatic rings. The van der Waals surface area contributed by atoms with Crippen molar-refractivity contribution in [3.63, 3.8) is 0 Å². The highest BCUT2D eigenvalue weighted by Gasteiger charge is 2.40. The average molecular weight is 254 g/mol. The van der Waals surface area contributed by atoms with Gasteiger partial charge in [-0.1, -0.05) is 26.2 Å². The van der Waals surface area contributed by atoms with Gasteiger partial charge in [-0.15, -0.1) is 0 Å². The summed E-state index contributed by atoms with van der Waals surface area (Å²) in [6.07, 6.45) is 8.92. The van der Waals surface area contributed by atoms with Crippen molar-refractivity contribution in [3.05, 3.63) is 0 Å². The van der Waals surface area contributed by atoms with Gasteiger partial charge in [0.1, 0.15) is 6.61 Å². The van der Waals surface area contributed by atoms with Gasteiger partial charge in [0, 0.05) is 19.1 Å². The number of ether oxygens (including phenoxy) is 2. The van der Waals surface area contributed by atoms with Crippen molar-refractivity contribution in [2.75, 3.05) is 19.8 Å². The molecule has 1 atom stereocenters. The molecule has 104 valence electrons. The van der Waals surface area contributed by atoms with Gasteiger partial charge in [-0.2, -0.15) is 0 Å². The van der Waals surface area contributed by atoms with Crippen LogP contribution in [0.15, 0.2) is 0 Å². The van der Waals surface area contributed by atoms with Gasteiger partial charge in [0.25, 0.3) is 0 Å². The Labute approximate surface area is 110 Å². The predicted octanol–water partition coefficient (Wildman–Crippen LogP) is 3.11. The van der Waals surface area contributed by atoms with Gasteiger partial charge >= 0.3 is 0 Å². The molecule has 3 heteroatoms. The summed E-state index contributed by atoms with van der Waals surface area (Å²) in [4.78, 5) is 12.1. The first-order chi connectivity index (χ1) is 8.76. The molecule has 2 aliphatic rings. The fraction of sp³-hybridized carbons (Fsp3) is 0.933. The van der Waals surface area contributed by atoms with E-state index < -0.39 is 0 Å². The van der Waals surface area contributed by atoms with E-state index in [9.17, 15) is 4.79 Å². The standard InChI is InChI=1S/C15H26O3/c1-2-9-17-12-14(16)13-6-10-18-15(11-13)7-4-3-5-8-15/h13H,2-12H2,1H3. The Morgan fingerprint density at radius 3 is 2.83 bits per heavy atom. The second-order valence-electron chi connectivity index (χ2n) is 5.80. The number of rotatable bonds is 5. The minimum absolute atomic E-state index is 0.0293. The maximum atomic E-state index is 12.1. The smallest absolute Gasteiger partial charge is 0.161 e. The van der Waals surface area contributed by atoms with Gasteiger partial charge in [-0.25, -0.2) is 0 Å². The number of carbonyl (C=O) groups is 1. The summed E-state index contributed by atoms with van der Waals surface area (Å²) in [5.74, 6) is 0.463. The summed E-state index contributed by atoms with van der Waals surface area (Å²) >= 11 is 0. The fourth-order valence-corrected chi connectivity index (χ4v) is 3.28. The maximum Gasteiger partial charge on any atom is 0.161 e. The molecule has 2 rings (SSSR count). The van der Waals surface area contributed by atoms with Crippen LogP contribution in [-0.4, -0.2) is 31.2 Å². The number of ketones is 1. The number of hydrogen-bond donors (Lipinski definition) is 0. The molecule has 3 nitrogen and oxygen atoms in total. The summed E-state index contributed by atoms with van der Waals surface area (Å²) < 4.78 is 11.4. The molecule has 1 heterocycles. The molecule has 1 saturated heterocycles. The third kappa shape index (κ3) is 3.55. The third-order valence-corrected chi connectivity index (χ3v) is 4.31. The van der Waals surface area contributed by atoms with Crippen molar-refractivity contribution in [2.24, 2.45) is 5.92 Å². The second kappa shape index (κ2) is 6.67. The molecule has 0 bridgehead atoms. The molecule has 2 fully saturated rings. The summed E-state index contributed by atoms with van der Waals surface area (Å²) in [6, 6.07) is 0. The van der Waals surface area contributed by atoms with Gasteiger partial charge in [0.2, 0.25) is 0 Å². The summed E-state index contributed by atoms with van der Waals surface area (Å²) in [5, 5.41) is 0. The molecular formula is C15H26O3. The first-order valence-electron chi connectivity index (χ1n) is 7.50. The minimum atomic E-state index is 0.0293. The Bertz CT molecular complexity index is 263. The molecule has 1 aliphatic carbocycles. The monoisotopic (exact) mass is 254 g/mol. The van der Waals surface area contributed by atoms with Gasteiger partial charge in [0.05, 0.1) is 5.60 Å². The van der Waals surface area contributed by atoms with E-state index in [2.05, 4.69) is 6.92 Å². The van der Waals surface area contributed by atoms with E-state index in [0.29, 0.717) is 13.2 Å². The van der Waals surface area contributed by atoms with Gasteiger partial charge in [-0.3, -0.25) is 4.79 Å². The largest absolute Gasteiger partial charge is 0.375 e. The maximum absolute atomic E-state index is 12.1. The average Bonchev–Trinajstić information content (AvgIpc) is 2.40. The number of hydrogen-bond acceptors (Lipinski definition) is 3. The molecule has 0 radical (unpaired) electrons. The number of Topliss-reactive ketones (excluding diaryl/α,β-unsaturated/α-hetero) is 1. The normalized spacial score (nSPS) is 27.3. The van der Waals surface area contributed by atoms with E-state index in [4.69, 9.17) is 9.47 Å². The molecule has 0 amide bonds. The highest BCUT2D eigenvalue weighted by Crippen LogP contribution is 2.40. The predicted molar refractivity (Wildman–Crippen MR) is 70.6 cm³/mol. The van der Waals surface area contributed by atoms with E-state index in [1.165, 1.54) is 19.3 Å². The Morgan fingerprint density at radius 1 is 1.33 bits per heavy atom. The molecular weight excluding hydrogens is 228 g/mol. The Balaban J connectivity index is 1.83. The van der Waals surface area contributed by atoms with Crippen molar-refractivity contribution in [2.45, 2.75) is 63.9 Å². The molecule has 0 N–H and O–H groups in total. The lowest BCUT2D eigenvalue weighted by Crippen LogP contribution is -2.44. The first kappa shape index (κ1) is 14.0. The van der Waals surface area contributed by atoms with Crippen molar-refractivity contribution >= 4 is 5.78 Å². The van der Waals surface area contributed by atoms with Crippen molar-refractivity contribution in [1.82, 2.24) is 0 Å². The second-order valence-corrected chi connectivity index (χ2v) is 5.80. The summed E-state index contributed by atoms with van der Waals surface area (Å²) in [6.45, 7) is 3.81. The van der Waals surface area contributed by atoms with Crippen LogP contribution in [-0.2, 0) is 14.3 Å². The quantitative estimate of drug-likeness (QED) is 0.707. The zero-order valence-electron chi connectivity index (χ0n) is 11.6. The van der Waals surface area contributed by atoms with Crippen molar-refractivity contribution < 1.29 is 14.3 Å². The van der Waals surface area contributed by atoms with Crippen LogP contribution in [0.1, 0.15) is 58.3 Å². The number of carbonyl (C=O) groups excluding carboxylic acids is 1. The van der Waals surface area contributed by atoms with E-state index >= 15 is 0 Å². The topological polar surface area (TPSA) is 35.5 Å². The van der Waals surface area contributed by atoms with Crippen LogP contribution in [0.3, 0.4) is 0 Å². The summed E-state index contributed by atoms with van der Waals surface area (Å²) in [5.41, 5.74) is 0.0293. The van der Waals surface area contributed by atoms with Crippen LogP contribution in [0.5, 0.6) is 0 Å². The van der Waals surface area contributed by atoms with Gasteiger partial charge in [0.15, 0.2) is 5.78 Å². The fourth-order valence-electron chi connectivity index (χ4n) is 3.28. The lowest BCUT2D eigenvalue weighted by molar-refractivity contribution is -0.146. The molecule has 1 saturated carbocycles. The molecule has 18 heavy (non-hydrogen) atoms. The lowest BCUT2D eigenvalue weighted by atomic mass is 9.75. The Morgan fingerprint density at radius 2 is 2.11 bits per heavy atom. The van der Waals surface area contributed by atoms with Crippen LogP contribution in [0, 0.1) is 5.92 Å². The lowest BCUT2D eigenvalue weighted by Gasteiger charge is -2.43. The minimum Gasteiger partial charge on any atom is -0.375 e. The van der Waals surface area contributed by atoms with Crippen LogP contribution < -0.4 is 0 Å². The van der Waals surface area contributed by atoms with E-state index in [0.717, 1.165) is 38.7 Å². The molecule has 1 spiro atoms. The van der Waals surface area contributed by atoms with Crippen LogP contribution >= 0.6 is 0 Å². The molecule has 1 aliphatic heterocycles. The van der Waals surface area contributed by atoms with Crippen LogP contribution in [0.25, 0.3) is 0 Å². The molecule has 1 unspecified atom stereocenters. The molecule has 0 aromatic carbocycles. The Kier molecular flexibility index (Phi) is 5.19. The Hall–Kier alpha value is -0.410. The van der Waals surface area contributed by atoms with Gasteiger partial charge in [-0.05, 0) is 32.1 Å².